The molecule has 2 nitrogen and oxygen atoms in total. The molecule has 2 heterocycles. The first-order chi connectivity index (χ1) is 13.7. The van der Waals surface area contributed by atoms with Crippen LogP contribution >= 0.6 is 6.04 Å². The van der Waals surface area contributed by atoms with Crippen molar-refractivity contribution in [3.63, 3.8) is 0 Å². The van der Waals surface area contributed by atoms with Crippen LogP contribution in [0.3, 0.4) is 0 Å². The molecule has 134 valence electrons. The van der Waals surface area contributed by atoms with Gasteiger partial charge >= 0.3 is 0 Å². The molecule has 28 heavy (non-hydrogen) atoms. The van der Waals surface area contributed by atoms with Gasteiger partial charge in [0.15, 0.2) is 0 Å². The lowest BCUT2D eigenvalue weighted by Gasteiger charge is -2.21. The topological polar surface area (TPSA) is 30.9 Å². The highest BCUT2D eigenvalue weighted by atomic mass is 32.4. The zero-order valence-corrected chi connectivity index (χ0v) is 16.8. The second-order valence-electron chi connectivity index (χ2n) is 7.21. The van der Waals surface area contributed by atoms with E-state index in [1.807, 2.05) is 16.8 Å². The predicted molar refractivity (Wildman–Crippen MR) is 125 cm³/mol. The Hall–Kier alpha value is -2.87. The fourth-order valence-electron chi connectivity index (χ4n) is 4.61. The molecule has 4 heteroatoms. The van der Waals surface area contributed by atoms with Crippen molar-refractivity contribution in [2.24, 2.45) is 0 Å². The smallest absolute Gasteiger partial charge is 0.0800 e. The molecule has 0 radical (unpaired) electrons. The van der Waals surface area contributed by atoms with Gasteiger partial charge in [-0.15, -0.1) is 0 Å². The Labute approximate surface area is 168 Å². The fraction of sp³-hybridized carbons (Fsp3) is 0. The van der Waals surface area contributed by atoms with E-state index in [9.17, 15) is 0 Å². The monoisotopic (exact) mass is 396 g/mol. The molecule has 1 aromatic heterocycles. The molecular weight excluding hydrogens is 379 g/mol. The number of nitrogens with zero attached hydrogens (tertiary/aromatic N) is 1. The van der Waals surface area contributed by atoms with E-state index < -0.39 is 6.04 Å². The first-order valence-electron chi connectivity index (χ1n) is 9.28. The Morgan fingerprint density at radius 1 is 0.679 bits per heavy atom. The number of nitrogens with two attached hydrogens (primary N) is 1. The van der Waals surface area contributed by atoms with Crippen molar-refractivity contribution < 1.29 is 0 Å². The molecule has 0 fully saturated rings. The highest BCUT2D eigenvalue weighted by molar-refractivity contribution is 8.26. The molecule has 1 aliphatic heterocycles. The fourth-order valence-corrected chi connectivity index (χ4v) is 9.27. The quantitative estimate of drug-likeness (QED) is 0.333. The SMILES string of the molecule is Nn1c2ccccc2c2ccc3c(c21)P(=S)(c1ccccc1)c1ccccc1-3. The van der Waals surface area contributed by atoms with Gasteiger partial charge in [-0.3, -0.25) is 4.68 Å². The minimum atomic E-state index is -2.20. The van der Waals surface area contributed by atoms with Gasteiger partial charge in [0, 0.05) is 27.4 Å². The van der Waals surface area contributed by atoms with Gasteiger partial charge in [-0.25, -0.2) is 0 Å². The second-order valence-corrected chi connectivity index (χ2v) is 11.5. The Bertz CT molecular complexity index is 1450. The van der Waals surface area contributed by atoms with Crippen LogP contribution in [-0.2, 0) is 11.8 Å². The Balaban J connectivity index is 1.87. The van der Waals surface area contributed by atoms with E-state index in [4.69, 9.17) is 17.6 Å². The van der Waals surface area contributed by atoms with Crippen molar-refractivity contribution in [3.05, 3.63) is 91.0 Å². The van der Waals surface area contributed by atoms with Crippen molar-refractivity contribution in [1.82, 2.24) is 4.68 Å². The van der Waals surface area contributed by atoms with Gasteiger partial charge in [-0.2, -0.15) is 0 Å². The average Bonchev–Trinajstić information content (AvgIpc) is 3.20. The van der Waals surface area contributed by atoms with Crippen LogP contribution in [-0.4, -0.2) is 4.68 Å². The number of nitrogen functional groups attached to an aromatic ring is 1. The van der Waals surface area contributed by atoms with Gasteiger partial charge in [-0.05, 0) is 22.5 Å². The summed E-state index contributed by atoms with van der Waals surface area (Å²) in [6.45, 7) is 0. The molecule has 0 amide bonds. The standard InChI is InChI=1S/C24H17N2PS/c25-26-21-12-6-4-10-17(21)19-14-15-20-18-11-5-7-13-22(18)27(28,24(20)23(19)26)16-8-2-1-3-9-16/h1-15H,25H2. The number of rotatable bonds is 1. The van der Waals surface area contributed by atoms with Crippen molar-refractivity contribution in [3.8, 4) is 11.1 Å². The van der Waals surface area contributed by atoms with Gasteiger partial charge in [0.25, 0.3) is 0 Å². The average molecular weight is 396 g/mol. The molecule has 0 saturated heterocycles. The number of para-hydroxylation sites is 1. The van der Waals surface area contributed by atoms with Crippen LogP contribution in [0.2, 0.25) is 0 Å². The maximum absolute atomic E-state index is 6.67. The van der Waals surface area contributed by atoms with Crippen molar-refractivity contribution in [2.45, 2.75) is 0 Å². The van der Waals surface area contributed by atoms with Gasteiger partial charge in [0.05, 0.1) is 11.0 Å². The van der Waals surface area contributed by atoms with Crippen LogP contribution in [0.4, 0.5) is 0 Å². The summed E-state index contributed by atoms with van der Waals surface area (Å²) in [6.07, 6.45) is 0. The first kappa shape index (κ1) is 16.1. The van der Waals surface area contributed by atoms with Gasteiger partial charge < -0.3 is 5.84 Å². The molecule has 5 aromatic rings. The van der Waals surface area contributed by atoms with E-state index in [0.717, 1.165) is 11.0 Å². The minimum absolute atomic E-state index is 1.04. The Morgan fingerprint density at radius 3 is 2.25 bits per heavy atom. The molecule has 4 aromatic carbocycles. The minimum Gasteiger partial charge on any atom is -0.339 e. The van der Waals surface area contributed by atoms with E-state index in [1.165, 1.54) is 37.8 Å². The maximum Gasteiger partial charge on any atom is 0.0800 e. The van der Waals surface area contributed by atoms with E-state index in [0.29, 0.717) is 0 Å². The van der Waals surface area contributed by atoms with Crippen LogP contribution < -0.4 is 21.8 Å². The lowest BCUT2D eigenvalue weighted by molar-refractivity contribution is 1.12. The van der Waals surface area contributed by atoms with Crippen LogP contribution in [0.15, 0.2) is 91.0 Å². The third-order valence-electron chi connectivity index (χ3n) is 5.81. The van der Waals surface area contributed by atoms with Crippen LogP contribution in [0.5, 0.6) is 0 Å². The Morgan fingerprint density at radius 2 is 1.39 bits per heavy atom. The number of benzene rings is 4. The normalized spacial score (nSPS) is 17.7. The number of hydrogen-bond acceptors (Lipinski definition) is 2. The Kier molecular flexibility index (Phi) is 3.21. The summed E-state index contributed by atoms with van der Waals surface area (Å²) in [4.78, 5) is 0. The summed E-state index contributed by atoms with van der Waals surface area (Å²) < 4.78 is 1.85. The number of hydrogen-bond donors (Lipinski definition) is 1. The van der Waals surface area contributed by atoms with E-state index in [-0.39, 0.29) is 0 Å². The largest absolute Gasteiger partial charge is 0.339 e. The molecule has 2 N–H and O–H groups in total. The highest BCUT2D eigenvalue weighted by Gasteiger charge is 2.38. The third kappa shape index (κ3) is 1.86. The van der Waals surface area contributed by atoms with E-state index in [2.05, 4.69) is 78.9 Å². The van der Waals surface area contributed by atoms with Gasteiger partial charge in [0.2, 0.25) is 0 Å². The van der Waals surface area contributed by atoms with Gasteiger partial charge in [-0.1, -0.05) is 96.7 Å². The number of aromatic nitrogens is 1. The van der Waals surface area contributed by atoms with Crippen molar-refractivity contribution in [1.29, 1.82) is 0 Å². The number of fused-ring (bicyclic) bond motifs is 7. The van der Waals surface area contributed by atoms with Crippen LogP contribution in [0.1, 0.15) is 0 Å². The summed E-state index contributed by atoms with van der Waals surface area (Å²) >= 11 is 6.58. The molecule has 1 aliphatic rings. The molecule has 0 bridgehead atoms. The molecule has 1 atom stereocenters. The summed E-state index contributed by atoms with van der Waals surface area (Å²) in [7, 11) is 0. The van der Waals surface area contributed by atoms with E-state index in [1.54, 1.807) is 0 Å². The maximum atomic E-state index is 6.67. The summed E-state index contributed by atoms with van der Waals surface area (Å²) in [6, 6.07) is 29.7. The van der Waals surface area contributed by atoms with Crippen molar-refractivity contribution in [2.75, 3.05) is 5.84 Å². The first-order valence-corrected chi connectivity index (χ1v) is 12.1. The highest BCUT2D eigenvalue weighted by Crippen LogP contribution is 2.54. The van der Waals surface area contributed by atoms with Crippen LogP contribution in [0, 0.1) is 0 Å². The zero-order chi connectivity index (χ0) is 18.9. The molecule has 0 spiro atoms. The molecule has 6 rings (SSSR count). The van der Waals surface area contributed by atoms with Crippen LogP contribution in [0.25, 0.3) is 32.9 Å². The second kappa shape index (κ2) is 5.57. The lowest BCUT2D eigenvalue weighted by Crippen LogP contribution is -2.23. The van der Waals surface area contributed by atoms with Gasteiger partial charge in [0.1, 0.15) is 0 Å². The molecule has 0 aliphatic carbocycles. The van der Waals surface area contributed by atoms with E-state index >= 15 is 0 Å². The zero-order valence-electron chi connectivity index (χ0n) is 15.0. The third-order valence-corrected chi connectivity index (χ3v) is 10.8. The predicted octanol–water partition coefficient (Wildman–Crippen LogP) is 4.24. The summed E-state index contributed by atoms with van der Waals surface area (Å²) in [5, 5.41) is 6.06. The molecular formula is C24H17N2PS. The van der Waals surface area contributed by atoms with Crippen molar-refractivity contribution >= 4 is 55.6 Å². The molecule has 0 saturated carbocycles. The summed E-state index contributed by atoms with van der Waals surface area (Å²) in [5.74, 6) is 6.67. The molecule has 1 unspecified atom stereocenters. The summed E-state index contributed by atoms with van der Waals surface area (Å²) in [5.41, 5.74) is 4.58. The lowest BCUT2D eigenvalue weighted by atomic mass is 10.0.